The van der Waals surface area contributed by atoms with Gasteiger partial charge in [0.25, 0.3) is 0 Å². The van der Waals surface area contributed by atoms with Crippen LogP contribution in [0.2, 0.25) is 0 Å². The molecule has 1 N–H and O–H groups in total. The first-order valence-electron chi connectivity index (χ1n) is 8.83. The highest BCUT2D eigenvalue weighted by Gasteiger charge is 2.26. The Morgan fingerprint density at radius 2 is 2.11 bits per heavy atom. The van der Waals surface area contributed by atoms with Crippen LogP contribution in [0.3, 0.4) is 0 Å². The van der Waals surface area contributed by atoms with E-state index < -0.39 is 0 Å². The lowest BCUT2D eigenvalue weighted by Gasteiger charge is -2.19. The van der Waals surface area contributed by atoms with Gasteiger partial charge in [0.15, 0.2) is 11.4 Å². The van der Waals surface area contributed by atoms with E-state index in [1.54, 1.807) is 4.90 Å². The van der Waals surface area contributed by atoms with Crippen molar-refractivity contribution >= 4 is 17.4 Å². The van der Waals surface area contributed by atoms with Gasteiger partial charge in [-0.1, -0.05) is 12.1 Å². The van der Waals surface area contributed by atoms with Crippen molar-refractivity contribution in [2.24, 2.45) is 0 Å². The first-order valence-corrected chi connectivity index (χ1v) is 8.83. The number of benzene rings is 1. The Kier molecular flexibility index (Phi) is 4.45. The summed E-state index contributed by atoms with van der Waals surface area (Å²) in [6.45, 7) is 4.99. The molecule has 0 bridgehead atoms. The number of aliphatic hydroxyl groups is 1. The van der Waals surface area contributed by atoms with E-state index in [0.29, 0.717) is 31.2 Å². The number of anilines is 1. The van der Waals surface area contributed by atoms with E-state index in [1.165, 1.54) is 0 Å². The van der Waals surface area contributed by atoms with E-state index in [1.807, 2.05) is 54.8 Å². The molecule has 1 saturated heterocycles. The van der Waals surface area contributed by atoms with Gasteiger partial charge in [0, 0.05) is 11.8 Å². The number of hydrogen-bond donors (Lipinski definition) is 1. The first-order chi connectivity index (χ1) is 13.1. The molecule has 1 amide bonds. The number of imidazole rings is 1. The van der Waals surface area contributed by atoms with Crippen LogP contribution in [0, 0.1) is 13.8 Å². The van der Waals surface area contributed by atoms with Crippen LogP contribution in [-0.2, 0) is 18.0 Å². The summed E-state index contributed by atoms with van der Waals surface area (Å²) in [4.78, 5) is 18.1. The van der Waals surface area contributed by atoms with Crippen LogP contribution in [0.1, 0.15) is 22.5 Å². The Balaban J connectivity index is 1.67. The van der Waals surface area contributed by atoms with Crippen LogP contribution in [-0.4, -0.2) is 33.7 Å². The van der Waals surface area contributed by atoms with Gasteiger partial charge in [-0.2, -0.15) is 0 Å². The standard InChI is InChI=1S/C20H21N3O4/c1-13-5-3-6-16(23-9-10-26-20(23)25)15(13)12-27-18-7-4-8-22-17(11-24)14(2)21-19(18)22/h3-8,24H,9-12H2,1-2H3. The third kappa shape index (κ3) is 3.00. The first kappa shape index (κ1) is 17.4. The number of fused-ring (bicyclic) bond motifs is 1. The zero-order valence-corrected chi connectivity index (χ0v) is 15.3. The van der Waals surface area contributed by atoms with Gasteiger partial charge in [0.2, 0.25) is 0 Å². The third-order valence-electron chi connectivity index (χ3n) is 4.87. The Labute approximate surface area is 156 Å². The van der Waals surface area contributed by atoms with Crippen LogP contribution >= 0.6 is 0 Å². The lowest BCUT2D eigenvalue weighted by molar-refractivity contribution is 0.181. The molecular formula is C20H21N3O4. The van der Waals surface area contributed by atoms with Gasteiger partial charge >= 0.3 is 6.09 Å². The predicted octanol–water partition coefficient (Wildman–Crippen LogP) is 2.98. The summed E-state index contributed by atoms with van der Waals surface area (Å²) < 4.78 is 13.0. The zero-order chi connectivity index (χ0) is 19.0. The molecule has 1 aliphatic rings. The van der Waals surface area contributed by atoms with Crippen molar-refractivity contribution in [2.45, 2.75) is 27.1 Å². The number of cyclic esters (lactones) is 1. The van der Waals surface area contributed by atoms with Gasteiger partial charge in [-0.05, 0) is 37.6 Å². The number of hydrogen-bond acceptors (Lipinski definition) is 5. The van der Waals surface area contributed by atoms with Crippen LogP contribution in [0.15, 0.2) is 36.5 Å². The molecule has 1 aromatic carbocycles. The highest BCUT2D eigenvalue weighted by atomic mass is 16.6. The molecule has 27 heavy (non-hydrogen) atoms. The van der Waals surface area contributed by atoms with Gasteiger partial charge in [0.1, 0.15) is 13.2 Å². The number of pyridine rings is 1. The fourth-order valence-electron chi connectivity index (χ4n) is 3.40. The molecule has 0 saturated carbocycles. The van der Waals surface area contributed by atoms with Crippen LogP contribution in [0.5, 0.6) is 5.75 Å². The minimum atomic E-state index is -0.333. The molecule has 140 valence electrons. The number of aromatic nitrogens is 2. The third-order valence-corrected chi connectivity index (χ3v) is 4.87. The number of nitrogens with zero attached hydrogens (tertiary/aromatic N) is 3. The molecule has 0 unspecified atom stereocenters. The van der Waals surface area contributed by atoms with Crippen LogP contribution < -0.4 is 9.64 Å². The van der Waals surface area contributed by atoms with E-state index in [9.17, 15) is 9.90 Å². The molecule has 2 aromatic heterocycles. The summed E-state index contributed by atoms with van der Waals surface area (Å²) in [5, 5.41) is 9.57. The maximum Gasteiger partial charge on any atom is 0.414 e. The summed E-state index contributed by atoms with van der Waals surface area (Å²) in [7, 11) is 0. The summed E-state index contributed by atoms with van der Waals surface area (Å²) >= 11 is 0. The number of carbonyl (C=O) groups excluding carboxylic acids is 1. The van der Waals surface area contributed by atoms with Crippen molar-refractivity contribution in [3.8, 4) is 5.75 Å². The molecular weight excluding hydrogens is 346 g/mol. The molecule has 7 heteroatoms. The molecule has 0 atom stereocenters. The van der Waals surface area contributed by atoms with Crippen LogP contribution in [0.4, 0.5) is 10.5 Å². The van der Waals surface area contributed by atoms with E-state index in [2.05, 4.69) is 4.98 Å². The summed E-state index contributed by atoms with van der Waals surface area (Å²) in [6, 6.07) is 9.53. The van der Waals surface area contributed by atoms with E-state index in [0.717, 1.165) is 28.2 Å². The van der Waals surface area contributed by atoms with Gasteiger partial charge in [0.05, 0.1) is 30.2 Å². The van der Waals surface area contributed by atoms with Crippen LogP contribution in [0.25, 0.3) is 5.65 Å². The fourth-order valence-corrected chi connectivity index (χ4v) is 3.40. The quantitative estimate of drug-likeness (QED) is 0.750. The molecule has 1 aliphatic heterocycles. The molecule has 7 nitrogen and oxygen atoms in total. The molecule has 3 heterocycles. The van der Waals surface area contributed by atoms with E-state index in [4.69, 9.17) is 9.47 Å². The lowest BCUT2D eigenvalue weighted by Crippen LogP contribution is -2.25. The largest absolute Gasteiger partial charge is 0.485 e. The second-order valence-corrected chi connectivity index (χ2v) is 6.50. The Morgan fingerprint density at radius 1 is 1.26 bits per heavy atom. The number of carbonyl (C=O) groups is 1. The second-order valence-electron chi connectivity index (χ2n) is 6.50. The molecule has 0 radical (unpaired) electrons. The number of ether oxygens (including phenoxy) is 2. The minimum Gasteiger partial charge on any atom is -0.485 e. The SMILES string of the molecule is Cc1cccc(N2CCOC2=O)c1COc1cccn2c(CO)c(C)nc12. The highest BCUT2D eigenvalue weighted by molar-refractivity contribution is 5.90. The maximum absolute atomic E-state index is 12.0. The Bertz CT molecular complexity index is 1010. The minimum absolute atomic E-state index is 0.0878. The smallest absolute Gasteiger partial charge is 0.414 e. The number of amides is 1. The van der Waals surface area contributed by atoms with Crippen molar-refractivity contribution in [3.05, 3.63) is 59.0 Å². The van der Waals surface area contributed by atoms with Crippen molar-refractivity contribution < 1.29 is 19.4 Å². The van der Waals surface area contributed by atoms with E-state index >= 15 is 0 Å². The van der Waals surface area contributed by atoms with Crippen molar-refractivity contribution in [3.63, 3.8) is 0 Å². The summed E-state index contributed by atoms with van der Waals surface area (Å²) in [5.41, 5.74) is 4.95. The topological polar surface area (TPSA) is 76.3 Å². The average Bonchev–Trinajstić information content (AvgIpc) is 3.22. The number of rotatable bonds is 5. The lowest BCUT2D eigenvalue weighted by atomic mass is 10.1. The second kappa shape index (κ2) is 6.92. The van der Waals surface area contributed by atoms with E-state index in [-0.39, 0.29) is 12.7 Å². The molecule has 0 aliphatic carbocycles. The zero-order valence-electron chi connectivity index (χ0n) is 15.3. The average molecular weight is 367 g/mol. The molecule has 3 aromatic rings. The van der Waals surface area contributed by atoms with Crippen molar-refractivity contribution in [2.75, 3.05) is 18.1 Å². The number of aliphatic hydroxyl groups excluding tert-OH is 1. The molecule has 1 fully saturated rings. The maximum atomic E-state index is 12.0. The highest BCUT2D eigenvalue weighted by Crippen LogP contribution is 2.29. The Morgan fingerprint density at radius 3 is 2.85 bits per heavy atom. The number of aryl methyl sites for hydroxylation is 2. The van der Waals surface area contributed by atoms with Crippen molar-refractivity contribution in [1.82, 2.24) is 9.38 Å². The fraction of sp³-hybridized carbons (Fsp3) is 0.300. The van der Waals surface area contributed by atoms with Gasteiger partial charge in [-0.3, -0.25) is 9.30 Å². The van der Waals surface area contributed by atoms with Crippen molar-refractivity contribution in [1.29, 1.82) is 0 Å². The van der Waals surface area contributed by atoms with Gasteiger partial charge in [-0.15, -0.1) is 0 Å². The monoisotopic (exact) mass is 367 g/mol. The Hall–Kier alpha value is -3.06. The molecule has 4 rings (SSSR count). The summed E-state index contributed by atoms with van der Waals surface area (Å²) in [5.74, 6) is 0.624. The molecule has 0 spiro atoms. The van der Waals surface area contributed by atoms with Gasteiger partial charge in [-0.25, -0.2) is 9.78 Å². The van der Waals surface area contributed by atoms with Gasteiger partial charge < -0.3 is 14.6 Å². The predicted molar refractivity (Wildman–Crippen MR) is 100 cm³/mol. The normalized spacial score (nSPS) is 14.0. The summed E-state index contributed by atoms with van der Waals surface area (Å²) in [6.07, 6.45) is 1.52.